The number of aromatic hydroxyl groups is 1. The SMILES string of the molecule is CN(C)CCCOc1nc(N2CC3CCC(C2)N3)c2cnc(-c3cc(O)cc4ccccc34)c(F)c2n1. The van der Waals surface area contributed by atoms with Crippen LogP contribution in [0.25, 0.3) is 32.9 Å². The average molecular weight is 503 g/mol. The largest absolute Gasteiger partial charge is 0.508 e. The molecule has 0 amide bonds. The molecule has 2 fully saturated rings. The summed E-state index contributed by atoms with van der Waals surface area (Å²) in [4.78, 5) is 18.1. The van der Waals surface area contributed by atoms with Crippen molar-refractivity contribution in [3.8, 4) is 23.0 Å². The molecule has 0 aliphatic carbocycles. The second kappa shape index (κ2) is 9.72. The molecule has 0 radical (unpaired) electrons. The molecule has 9 heteroatoms. The first-order valence-electron chi connectivity index (χ1n) is 12.8. The van der Waals surface area contributed by atoms with E-state index in [0.29, 0.717) is 35.5 Å². The van der Waals surface area contributed by atoms with E-state index in [-0.39, 0.29) is 23.0 Å². The number of phenols is 1. The number of phenolic OH excluding ortho intramolecular Hbond substituents is 1. The third-order valence-electron chi connectivity index (χ3n) is 7.24. The summed E-state index contributed by atoms with van der Waals surface area (Å²) in [5, 5.41) is 16.1. The Morgan fingerprint density at radius 3 is 2.68 bits per heavy atom. The van der Waals surface area contributed by atoms with Gasteiger partial charge in [-0.3, -0.25) is 4.98 Å². The van der Waals surface area contributed by atoms with Gasteiger partial charge in [-0.05, 0) is 56.3 Å². The van der Waals surface area contributed by atoms with Gasteiger partial charge in [0.1, 0.15) is 22.8 Å². The highest BCUT2D eigenvalue weighted by atomic mass is 19.1. The number of rotatable bonds is 7. The monoisotopic (exact) mass is 502 g/mol. The molecule has 0 saturated carbocycles. The number of ether oxygens (including phenoxy) is 1. The van der Waals surface area contributed by atoms with Crippen LogP contribution >= 0.6 is 0 Å². The lowest BCUT2D eigenvalue weighted by Gasteiger charge is -2.34. The van der Waals surface area contributed by atoms with Crippen molar-refractivity contribution in [3.05, 3.63) is 48.4 Å². The molecule has 2 unspecified atom stereocenters. The summed E-state index contributed by atoms with van der Waals surface area (Å²) < 4.78 is 22.2. The van der Waals surface area contributed by atoms with Crippen molar-refractivity contribution in [2.75, 3.05) is 45.2 Å². The second-order valence-corrected chi connectivity index (χ2v) is 10.3. The first-order valence-corrected chi connectivity index (χ1v) is 12.8. The van der Waals surface area contributed by atoms with Crippen LogP contribution in [0.3, 0.4) is 0 Å². The fourth-order valence-electron chi connectivity index (χ4n) is 5.52. The lowest BCUT2D eigenvalue weighted by Crippen LogP contribution is -2.51. The number of nitrogens with one attached hydrogen (secondary N) is 1. The van der Waals surface area contributed by atoms with E-state index in [0.717, 1.165) is 49.7 Å². The molecule has 8 nitrogen and oxygen atoms in total. The molecule has 4 heterocycles. The van der Waals surface area contributed by atoms with Gasteiger partial charge in [-0.2, -0.15) is 9.97 Å². The van der Waals surface area contributed by atoms with Crippen LogP contribution in [0.5, 0.6) is 11.8 Å². The van der Waals surface area contributed by atoms with E-state index < -0.39 is 5.82 Å². The number of nitrogens with zero attached hydrogens (tertiary/aromatic N) is 5. The quantitative estimate of drug-likeness (QED) is 0.368. The normalized spacial score (nSPS) is 19.3. The Morgan fingerprint density at radius 2 is 1.89 bits per heavy atom. The van der Waals surface area contributed by atoms with E-state index in [4.69, 9.17) is 9.72 Å². The molecule has 37 heavy (non-hydrogen) atoms. The molecule has 2 aliphatic rings. The van der Waals surface area contributed by atoms with Crippen LogP contribution in [0.1, 0.15) is 19.3 Å². The van der Waals surface area contributed by atoms with E-state index >= 15 is 4.39 Å². The fourth-order valence-corrected chi connectivity index (χ4v) is 5.52. The minimum atomic E-state index is -0.548. The number of anilines is 1. The van der Waals surface area contributed by atoms with Gasteiger partial charge in [-0.25, -0.2) is 4.39 Å². The van der Waals surface area contributed by atoms with Crippen LogP contribution in [-0.4, -0.2) is 77.4 Å². The van der Waals surface area contributed by atoms with E-state index in [1.807, 2.05) is 38.4 Å². The molecule has 2 bridgehead atoms. The Bertz CT molecular complexity index is 1450. The maximum atomic E-state index is 16.3. The Labute approximate surface area is 215 Å². The summed E-state index contributed by atoms with van der Waals surface area (Å²) in [5.41, 5.74) is 0.836. The van der Waals surface area contributed by atoms with Crippen LogP contribution in [0.4, 0.5) is 10.2 Å². The number of fused-ring (bicyclic) bond motifs is 4. The van der Waals surface area contributed by atoms with E-state index in [1.54, 1.807) is 18.3 Å². The summed E-state index contributed by atoms with van der Waals surface area (Å²) in [7, 11) is 4.02. The van der Waals surface area contributed by atoms with Crippen LogP contribution in [0.15, 0.2) is 42.6 Å². The van der Waals surface area contributed by atoms with Crippen molar-refractivity contribution >= 4 is 27.5 Å². The zero-order valence-corrected chi connectivity index (χ0v) is 21.1. The molecule has 2 aromatic carbocycles. The zero-order valence-electron chi connectivity index (χ0n) is 21.1. The van der Waals surface area contributed by atoms with Gasteiger partial charge in [0.25, 0.3) is 0 Å². The van der Waals surface area contributed by atoms with Crippen LogP contribution in [0, 0.1) is 5.82 Å². The number of benzene rings is 2. The van der Waals surface area contributed by atoms with Gasteiger partial charge < -0.3 is 25.0 Å². The van der Waals surface area contributed by atoms with Gasteiger partial charge in [0.15, 0.2) is 5.82 Å². The molecule has 0 spiro atoms. The third-order valence-corrected chi connectivity index (χ3v) is 7.24. The van der Waals surface area contributed by atoms with Crippen molar-refractivity contribution in [1.29, 1.82) is 0 Å². The molecule has 2 N–H and O–H groups in total. The van der Waals surface area contributed by atoms with Crippen LogP contribution in [0.2, 0.25) is 0 Å². The molecule has 192 valence electrons. The topological polar surface area (TPSA) is 86.6 Å². The molecule has 2 atom stereocenters. The third kappa shape index (κ3) is 4.65. The molecule has 4 aromatic rings. The number of hydrogen-bond acceptors (Lipinski definition) is 8. The van der Waals surface area contributed by atoms with Crippen molar-refractivity contribution in [1.82, 2.24) is 25.2 Å². The molecular formula is C28H31FN6O2. The predicted octanol–water partition coefficient (Wildman–Crippen LogP) is 3.96. The summed E-state index contributed by atoms with van der Waals surface area (Å²) in [5.74, 6) is 0.164. The fraction of sp³-hybridized carbons (Fsp3) is 0.393. The van der Waals surface area contributed by atoms with Gasteiger partial charge in [-0.15, -0.1) is 0 Å². The molecule has 6 rings (SSSR count). The lowest BCUT2D eigenvalue weighted by atomic mass is 10.0. The summed E-state index contributed by atoms with van der Waals surface area (Å²) in [6.45, 7) is 2.90. The first-order chi connectivity index (χ1) is 18.0. The van der Waals surface area contributed by atoms with Crippen molar-refractivity contribution in [2.45, 2.75) is 31.3 Å². The highest BCUT2D eigenvalue weighted by Crippen LogP contribution is 2.37. The minimum absolute atomic E-state index is 0.0552. The molecule has 2 aromatic heterocycles. The smallest absolute Gasteiger partial charge is 0.319 e. The van der Waals surface area contributed by atoms with Crippen LogP contribution < -0.4 is 15.0 Å². The van der Waals surface area contributed by atoms with Crippen molar-refractivity contribution in [3.63, 3.8) is 0 Å². The number of pyridine rings is 1. The van der Waals surface area contributed by atoms with Gasteiger partial charge in [-0.1, -0.05) is 24.3 Å². The van der Waals surface area contributed by atoms with E-state index in [1.165, 1.54) is 0 Å². The standard InChI is InChI=1S/C28H31FN6O2/c1-34(2)10-5-11-37-28-32-26-23(27(33-28)35-15-18-8-9-19(16-35)31-18)14-30-25(24(26)29)22-13-20(36)12-17-6-3-4-7-21(17)22/h3-4,6-7,12-14,18-19,31,36H,5,8-11,15-16H2,1-2H3. The van der Waals surface area contributed by atoms with Gasteiger partial charge >= 0.3 is 6.01 Å². The molecule has 2 saturated heterocycles. The van der Waals surface area contributed by atoms with Crippen LogP contribution in [-0.2, 0) is 0 Å². The van der Waals surface area contributed by atoms with E-state index in [9.17, 15) is 5.11 Å². The summed E-state index contributed by atoms with van der Waals surface area (Å²) in [6, 6.07) is 11.7. The Balaban J connectivity index is 1.46. The first kappa shape index (κ1) is 23.8. The number of hydrogen-bond donors (Lipinski definition) is 2. The highest BCUT2D eigenvalue weighted by Gasteiger charge is 2.34. The lowest BCUT2D eigenvalue weighted by molar-refractivity contribution is 0.264. The van der Waals surface area contributed by atoms with Gasteiger partial charge in [0, 0.05) is 43.5 Å². The maximum absolute atomic E-state index is 16.3. The number of aromatic nitrogens is 3. The molecular weight excluding hydrogens is 471 g/mol. The second-order valence-electron chi connectivity index (χ2n) is 10.3. The summed E-state index contributed by atoms with van der Waals surface area (Å²) >= 11 is 0. The Kier molecular flexibility index (Phi) is 6.26. The Hall–Kier alpha value is -3.56. The van der Waals surface area contributed by atoms with E-state index in [2.05, 4.69) is 25.1 Å². The van der Waals surface area contributed by atoms with Crippen molar-refractivity contribution < 1.29 is 14.2 Å². The Morgan fingerprint density at radius 1 is 1.11 bits per heavy atom. The van der Waals surface area contributed by atoms with Gasteiger partial charge in [0.05, 0.1) is 12.0 Å². The highest BCUT2D eigenvalue weighted by molar-refractivity contribution is 5.99. The average Bonchev–Trinajstić information content (AvgIpc) is 3.23. The molecule has 2 aliphatic heterocycles. The minimum Gasteiger partial charge on any atom is -0.508 e. The number of halogens is 1. The predicted molar refractivity (Wildman–Crippen MR) is 143 cm³/mol. The zero-order chi connectivity index (χ0) is 25.5. The maximum Gasteiger partial charge on any atom is 0.319 e. The number of piperazine rings is 1. The van der Waals surface area contributed by atoms with Crippen molar-refractivity contribution in [2.24, 2.45) is 0 Å². The van der Waals surface area contributed by atoms with Gasteiger partial charge in [0.2, 0.25) is 0 Å². The summed E-state index contributed by atoms with van der Waals surface area (Å²) in [6.07, 6.45) is 4.71.